The first-order valence-electron chi connectivity index (χ1n) is 7.99. The van der Waals surface area contributed by atoms with Gasteiger partial charge in [0, 0.05) is 24.7 Å². The maximum absolute atomic E-state index is 12.4. The number of nitrogens with one attached hydrogen (secondary N) is 1. The van der Waals surface area contributed by atoms with Crippen LogP contribution in [0.15, 0.2) is 18.2 Å². The van der Waals surface area contributed by atoms with E-state index in [-0.39, 0.29) is 12.3 Å². The molecule has 0 aliphatic carbocycles. The second-order valence-electron chi connectivity index (χ2n) is 6.24. The van der Waals surface area contributed by atoms with Gasteiger partial charge >= 0.3 is 6.03 Å². The maximum atomic E-state index is 12.4. The van der Waals surface area contributed by atoms with Crippen molar-refractivity contribution in [3.63, 3.8) is 0 Å². The summed E-state index contributed by atoms with van der Waals surface area (Å²) in [6.07, 6.45) is 1.81. The lowest BCUT2D eigenvalue weighted by Crippen LogP contribution is -2.43. The van der Waals surface area contributed by atoms with Gasteiger partial charge in [-0.1, -0.05) is 6.07 Å². The van der Waals surface area contributed by atoms with Crippen LogP contribution in [0.2, 0.25) is 0 Å². The number of piperidine rings is 1. The Morgan fingerprint density at radius 2 is 1.68 bits per heavy atom. The molecule has 0 bridgehead atoms. The first-order valence-corrected chi connectivity index (χ1v) is 7.99. The molecule has 5 heteroatoms. The average molecular weight is 304 g/mol. The molecule has 2 heterocycles. The van der Waals surface area contributed by atoms with Crippen LogP contribution in [0.25, 0.3) is 0 Å². The summed E-state index contributed by atoms with van der Waals surface area (Å²) >= 11 is 0. The molecule has 0 radical (unpaired) electrons. The van der Waals surface area contributed by atoms with Crippen molar-refractivity contribution in [2.45, 2.75) is 33.0 Å². The zero-order valence-electron chi connectivity index (χ0n) is 13.3. The van der Waals surface area contributed by atoms with Crippen LogP contribution < -0.4 is 5.32 Å². The molecule has 2 aliphatic heterocycles. The molecule has 1 aromatic carbocycles. The lowest BCUT2D eigenvalue weighted by atomic mass is 9.96. The van der Waals surface area contributed by atoms with Gasteiger partial charge in [-0.2, -0.15) is 0 Å². The standard InChI is InChI=1S/C17H24N2O3/c1-12-9-13(2)11-15(10-12)18-17(20)19-5-3-14(4-6-19)16-21-7-8-22-16/h9-11,14,16H,3-8H2,1-2H3,(H,18,20). The summed E-state index contributed by atoms with van der Waals surface area (Å²) in [4.78, 5) is 14.2. The SMILES string of the molecule is Cc1cc(C)cc(NC(=O)N2CCC(C3OCCO3)CC2)c1. The van der Waals surface area contributed by atoms with Gasteiger partial charge in [0.1, 0.15) is 0 Å². The number of rotatable bonds is 2. The molecule has 2 amide bonds. The molecule has 2 fully saturated rings. The van der Waals surface area contributed by atoms with Crippen molar-refractivity contribution in [1.82, 2.24) is 4.90 Å². The lowest BCUT2D eigenvalue weighted by molar-refractivity contribution is -0.0950. The quantitative estimate of drug-likeness (QED) is 0.914. The van der Waals surface area contributed by atoms with Crippen molar-refractivity contribution in [1.29, 1.82) is 0 Å². The van der Waals surface area contributed by atoms with Crippen LogP contribution in [0.4, 0.5) is 10.5 Å². The normalized spacial score (nSPS) is 20.4. The number of anilines is 1. The van der Waals surface area contributed by atoms with E-state index in [9.17, 15) is 4.79 Å². The van der Waals surface area contributed by atoms with Gasteiger partial charge in [0.2, 0.25) is 0 Å². The first-order chi connectivity index (χ1) is 10.6. The molecule has 120 valence electrons. The van der Waals surface area contributed by atoms with Crippen molar-refractivity contribution in [2.75, 3.05) is 31.6 Å². The number of urea groups is 1. The molecule has 1 N–H and O–H groups in total. The molecule has 5 nitrogen and oxygen atoms in total. The van der Waals surface area contributed by atoms with Crippen molar-refractivity contribution in [2.24, 2.45) is 5.92 Å². The highest BCUT2D eigenvalue weighted by Gasteiger charge is 2.31. The summed E-state index contributed by atoms with van der Waals surface area (Å²) in [6.45, 7) is 6.97. The van der Waals surface area contributed by atoms with Gasteiger partial charge in [0.05, 0.1) is 13.2 Å². The summed E-state index contributed by atoms with van der Waals surface area (Å²) in [7, 11) is 0. The number of amides is 2. The van der Waals surface area contributed by atoms with E-state index in [0.717, 1.165) is 42.7 Å². The van der Waals surface area contributed by atoms with Gasteiger partial charge < -0.3 is 19.7 Å². The molecule has 0 spiro atoms. The molecule has 22 heavy (non-hydrogen) atoms. The summed E-state index contributed by atoms with van der Waals surface area (Å²) in [6, 6.07) is 6.08. The van der Waals surface area contributed by atoms with Crippen LogP contribution in [0.5, 0.6) is 0 Å². The van der Waals surface area contributed by atoms with Gasteiger partial charge in [-0.15, -0.1) is 0 Å². The summed E-state index contributed by atoms with van der Waals surface area (Å²) in [5.41, 5.74) is 3.18. The molecular weight excluding hydrogens is 280 g/mol. The fourth-order valence-electron chi connectivity index (χ4n) is 3.27. The number of benzene rings is 1. The zero-order valence-corrected chi connectivity index (χ0v) is 13.3. The fraction of sp³-hybridized carbons (Fsp3) is 0.588. The first kappa shape index (κ1) is 15.3. The Morgan fingerprint density at radius 3 is 2.27 bits per heavy atom. The van der Waals surface area contributed by atoms with Crippen molar-refractivity contribution in [3.8, 4) is 0 Å². The smallest absolute Gasteiger partial charge is 0.321 e. The van der Waals surface area contributed by atoms with Gasteiger partial charge in [-0.3, -0.25) is 0 Å². The maximum Gasteiger partial charge on any atom is 0.321 e. The Bertz CT molecular complexity index is 512. The Hall–Kier alpha value is -1.59. The number of hydrogen-bond acceptors (Lipinski definition) is 3. The Morgan fingerprint density at radius 1 is 1.09 bits per heavy atom. The Kier molecular flexibility index (Phi) is 4.64. The third-order valence-corrected chi connectivity index (χ3v) is 4.33. The van der Waals surface area contributed by atoms with Crippen LogP contribution in [-0.2, 0) is 9.47 Å². The Balaban J connectivity index is 1.53. The third-order valence-electron chi connectivity index (χ3n) is 4.33. The highest BCUT2D eigenvalue weighted by Crippen LogP contribution is 2.26. The van der Waals surface area contributed by atoms with E-state index in [1.165, 1.54) is 0 Å². The van der Waals surface area contributed by atoms with E-state index in [1.807, 2.05) is 30.9 Å². The van der Waals surface area contributed by atoms with E-state index in [2.05, 4.69) is 11.4 Å². The van der Waals surface area contributed by atoms with Crippen LogP contribution in [0.3, 0.4) is 0 Å². The number of nitrogens with zero attached hydrogens (tertiary/aromatic N) is 1. The zero-order chi connectivity index (χ0) is 15.5. The Labute approximate surface area is 131 Å². The number of carbonyl (C=O) groups excluding carboxylic acids is 1. The minimum atomic E-state index is -0.0652. The summed E-state index contributed by atoms with van der Waals surface area (Å²) in [5.74, 6) is 0.410. The molecule has 0 saturated carbocycles. The fourth-order valence-corrected chi connectivity index (χ4v) is 3.27. The second kappa shape index (κ2) is 6.67. The van der Waals surface area contributed by atoms with Crippen LogP contribution in [-0.4, -0.2) is 43.5 Å². The predicted molar refractivity (Wildman–Crippen MR) is 84.9 cm³/mol. The predicted octanol–water partition coefficient (Wildman–Crippen LogP) is 2.92. The second-order valence-corrected chi connectivity index (χ2v) is 6.24. The number of hydrogen-bond donors (Lipinski definition) is 1. The number of carbonyl (C=O) groups is 1. The molecule has 2 saturated heterocycles. The largest absolute Gasteiger partial charge is 0.350 e. The highest BCUT2D eigenvalue weighted by atomic mass is 16.7. The molecule has 3 rings (SSSR count). The van der Waals surface area contributed by atoms with Crippen LogP contribution in [0.1, 0.15) is 24.0 Å². The van der Waals surface area contributed by atoms with Crippen LogP contribution in [0, 0.1) is 19.8 Å². The average Bonchev–Trinajstić information content (AvgIpc) is 3.00. The molecule has 0 unspecified atom stereocenters. The van der Waals surface area contributed by atoms with E-state index < -0.39 is 0 Å². The van der Waals surface area contributed by atoms with E-state index in [0.29, 0.717) is 19.1 Å². The van der Waals surface area contributed by atoms with Crippen molar-refractivity contribution >= 4 is 11.7 Å². The number of ether oxygens (including phenoxy) is 2. The van der Waals surface area contributed by atoms with E-state index in [1.54, 1.807) is 0 Å². The number of likely N-dealkylation sites (tertiary alicyclic amines) is 1. The van der Waals surface area contributed by atoms with E-state index >= 15 is 0 Å². The van der Waals surface area contributed by atoms with E-state index in [4.69, 9.17) is 9.47 Å². The molecule has 1 aromatic rings. The molecule has 0 aromatic heterocycles. The highest BCUT2D eigenvalue weighted by molar-refractivity contribution is 5.89. The van der Waals surface area contributed by atoms with Crippen molar-refractivity contribution in [3.05, 3.63) is 29.3 Å². The molecule has 0 atom stereocenters. The van der Waals surface area contributed by atoms with Crippen LogP contribution >= 0.6 is 0 Å². The summed E-state index contributed by atoms with van der Waals surface area (Å²) in [5, 5.41) is 3.00. The molecule has 2 aliphatic rings. The van der Waals surface area contributed by atoms with Crippen molar-refractivity contribution < 1.29 is 14.3 Å². The van der Waals surface area contributed by atoms with Gasteiger partial charge in [-0.05, 0) is 49.9 Å². The van der Waals surface area contributed by atoms with Gasteiger partial charge in [0.15, 0.2) is 6.29 Å². The number of aryl methyl sites for hydroxylation is 2. The summed E-state index contributed by atoms with van der Waals surface area (Å²) < 4.78 is 11.1. The van der Waals surface area contributed by atoms with Gasteiger partial charge in [0.25, 0.3) is 0 Å². The molecular formula is C17H24N2O3. The monoisotopic (exact) mass is 304 g/mol. The van der Waals surface area contributed by atoms with Gasteiger partial charge in [-0.25, -0.2) is 4.79 Å². The third kappa shape index (κ3) is 3.59. The topological polar surface area (TPSA) is 50.8 Å². The lowest BCUT2D eigenvalue weighted by Gasteiger charge is -2.33. The minimum Gasteiger partial charge on any atom is -0.350 e. The minimum absolute atomic E-state index is 0.0169.